The van der Waals surface area contributed by atoms with Crippen LogP contribution in [0.4, 0.5) is 19.6 Å². The molecule has 174 valence electrons. The van der Waals surface area contributed by atoms with Crippen LogP contribution < -0.4 is 5.32 Å². The summed E-state index contributed by atoms with van der Waals surface area (Å²) in [6.45, 7) is 0. The summed E-state index contributed by atoms with van der Waals surface area (Å²) in [5.74, 6) is -2.49. The third kappa shape index (κ3) is 4.38. The Balaban J connectivity index is 1.32. The van der Waals surface area contributed by atoms with Gasteiger partial charge in [-0.3, -0.25) is 4.79 Å². The van der Waals surface area contributed by atoms with Crippen LogP contribution in [0.2, 0.25) is 0 Å². The van der Waals surface area contributed by atoms with Gasteiger partial charge in [-0.1, -0.05) is 48.1 Å². The molecule has 5 nitrogen and oxygen atoms in total. The second kappa shape index (κ2) is 9.12. The highest BCUT2D eigenvalue weighted by Crippen LogP contribution is 2.41. The lowest BCUT2D eigenvalue weighted by atomic mass is 9.86. The van der Waals surface area contributed by atoms with Crippen LogP contribution in [0.5, 0.6) is 0 Å². The maximum atomic E-state index is 14.8. The molecular formula is C26H22F2N2O3S. The van der Waals surface area contributed by atoms with Crippen LogP contribution in [-0.4, -0.2) is 21.2 Å². The molecule has 1 fully saturated rings. The summed E-state index contributed by atoms with van der Waals surface area (Å²) in [7, 11) is 0. The summed E-state index contributed by atoms with van der Waals surface area (Å²) in [6, 6.07) is 16.3. The fraction of sp³-hybridized carbons (Fsp3) is 0.231. The van der Waals surface area contributed by atoms with Crippen LogP contribution in [0.25, 0.3) is 21.3 Å². The SMILES string of the molecule is O=C(O)C1CCC[C@H]1C(O)c1ccc(-c2ccc(Nc3nc4ccc(F)cc4s3)c(F)c2)cc1. The van der Waals surface area contributed by atoms with Crippen LogP contribution in [0.15, 0.2) is 60.7 Å². The van der Waals surface area contributed by atoms with E-state index in [1.807, 2.05) is 0 Å². The number of rotatable bonds is 6. The van der Waals surface area contributed by atoms with Gasteiger partial charge in [-0.25, -0.2) is 13.8 Å². The third-order valence-electron chi connectivity index (χ3n) is 6.44. The zero-order chi connectivity index (χ0) is 23.8. The van der Waals surface area contributed by atoms with E-state index in [1.165, 1.54) is 29.5 Å². The fourth-order valence-electron chi connectivity index (χ4n) is 4.66. The van der Waals surface area contributed by atoms with Crippen molar-refractivity contribution in [1.82, 2.24) is 4.98 Å². The van der Waals surface area contributed by atoms with Gasteiger partial charge in [0.05, 0.1) is 27.9 Å². The molecule has 1 aliphatic rings. The highest BCUT2D eigenvalue weighted by atomic mass is 32.1. The number of aromatic nitrogens is 1. The van der Waals surface area contributed by atoms with Crippen molar-refractivity contribution in [3.05, 3.63) is 77.9 Å². The minimum absolute atomic E-state index is 0.260. The number of nitrogens with zero attached hydrogens (tertiary/aromatic N) is 1. The van der Waals surface area contributed by atoms with Gasteiger partial charge < -0.3 is 15.5 Å². The van der Waals surface area contributed by atoms with Crippen molar-refractivity contribution in [3.8, 4) is 11.1 Å². The highest BCUT2D eigenvalue weighted by molar-refractivity contribution is 7.22. The zero-order valence-electron chi connectivity index (χ0n) is 18.0. The van der Waals surface area contributed by atoms with Crippen LogP contribution in [0.3, 0.4) is 0 Å². The number of hydrogen-bond acceptors (Lipinski definition) is 5. The Morgan fingerprint density at radius 2 is 1.79 bits per heavy atom. The van der Waals surface area contributed by atoms with E-state index in [2.05, 4.69) is 10.3 Å². The van der Waals surface area contributed by atoms with Gasteiger partial charge in [-0.05, 0) is 59.9 Å². The number of aliphatic hydroxyl groups is 1. The first-order valence-electron chi connectivity index (χ1n) is 11.0. The quantitative estimate of drug-likeness (QED) is 0.293. The Bertz CT molecular complexity index is 1360. The fourth-order valence-corrected chi connectivity index (χ4v) is 5.56. The largest absolute Gasteiger partial charge is 0.481 e. The van der Waals surface area contributed by atoms with Crippen molar-refractivity contribution in [1.29, 1.82) is 0 Å². The molecule has 2 unspecified atom stereocenters. The molecular weight excluding hydrogens is 458 g/mol. The maximum Gasteiger partial charge on any atom is 0.306 e. The van der Waals surface area contributed by atoms with Gasteiger partial charge >= 0.3 is 5.97 Å². The summed E-state index contributed by atoms with van der Waals surface area (Å²) in [4.78, 5) is 15.8. The lowest BCUT2D eigenvalue weighted by molar-refractivity contribution is -0.144. The smallest absolute Gasteiger partial charge is 0.306 e. The normalized spacial score (nSPS) is 18.8. The maximum absolute atomic E-state index is 14.8. The number of carbonyl (C=O) groups is 1. The van der Waals surface area contributed by atoms with Crippen molar-refractivity contribution >= 4 is 38.3 Å². The number of anilines is 2. The molecule has 1 saturated carbocycles. The molecule has 8 heteroatoms. The molecule has 5 rings (SSSR count). The van der Waals surface area contributed by atoms with E-state index in [4.69, 9.17) is 0 Å². The Labute approximate surface area is 198 Å². The number of benzene rings is 3. The lowest BCUT2D eigenvalue weighted by Gasteiger charge is -2.22. The molecule has 34 heavy (non-hydrogen) atoms. The number of thiazole rings is 1. The Kier molecular flexibility index (Phi) is 6.02. The molecule has 0 saturated heterocycles. The van der Waals surface area contributed by atoms with E-state index >= 15 is 0 Å². The Hall–Kier alpha value is -3.36. The molecule has 3 N–H and O–H groups in total. The molecule has 3 atom stereocenters. The second-order valence-electron chi connectivity index (χ2n) is 8.56. The summed E-state index contributed by atoms with van der Waals surface area (Å²) in [5, 5.41) is 23.6. The van der Waals surface area contributed by atoms with E-state index in [0.717, 1.165) is 12.0 Å². The third-order valence-corrected chi connectivity index (χ3v) is 7.37. The van der Waals surface area contributed by atoms with Crippen molar-refractivity contribution in [2.45, 2.75) is 25.4 Å². The van der Waals surface area contributed by atoms with Crippen molar-refractivity contribution in [2.75, 3.05) is 5.32 Å². The van der Waals surface area contributed by atoms with Gasteiger partial charge in [-0.2, -0.15) is 0 Å². The van der Waals surface area contributed by atoms with Crippen LogP contribution in [0, 0.1) is 23.5 Å². The van der Waals surface area contributed by atoms with Crippen LogP contribution in [-0.2, 0) is 4.79 Å². The average molecular weight is 481 g/mol. The van der Waals surface area contributed by atoms with Gasteiger partial charge in [0.1, 0.15) is 11.6 Å². The standard InChI is InChI=1S/C26H22F2N2O3S/c27-17-9-11-22-23(13-17)34-26(30-22)29-21-10-8-16(12-20(21)28)14-4-6-15(7-5-14)24(31)18-2-1-3-19(18)25(32)33/h4-13,18-19,24,31H,1-3H2,(H,29,30)(H,32,33)/t18-,19?,24?/m1/s1. The van der Waals surface area contributed by atoms with Gasteiger partial charge in [0.15, 0.2) is 5.13 Å². The minimum atomic E-state index is -0.861. The van der Waals surface area contributed by atoms with Crippen molar-refractivity contribution in [3.63, 3.8) is 0 Å². The average Bonchev–Trinajstić information content (AvgIpc) is 3.47. The summed E-state index contributed by atoms with van der Waals surface area (Å²) in [6.07, 6.45) is 1.22. The molecule has 0 radical (unpaired) electrons. The molecule has 1 aromatic heterocycles. The predicted octanol–water partition coefficient (Wildman–Crippen LogP) is 6.52. The van der Waals surface area contributed by atoms with Crippen LogP contribution >= 0.6 is 11.3 Å². The van der Waals surface area contributed by atoms with Gasteiger partial charge in [0.25, 0.3) is 0 Å². The van der Waals surface area contributed by atoms with E-state index in [9.17, 15) is 23.8 Å². The number of carboxylic acids is 1. The molecule has 0 bridgehead atoms. The van der Waals surface area contributed by atoms with Crippen molar-refractivity contribution < 1.29 is 23.8 Å². The number of hydrogen-bond donors (Lipinski definition) is 3. The van der Waals surface area contributed by atoms with E-state index in [-0.39, 0.29) is 17.4 Å². The van der Waals surface area contributed by atoms with E-state index in [1.54, 1.807) is 42.5 Å². The zero-order valence-corrected chi connectivity index (χ0v) is 18.9. The monoisotopic (exact) mass is 480 g/mol. The molecule has 1 aliphatic carbocycles. The van der Waals surface area contributed by atoms with Gasteiger partial charge in [0, 0.05) is 5.92 Å². The second-order valence-corrected chi connectivity index (χ2v) is 9.59. The molecule has 0 aliphatic heterocycles. The summed E-state index contributed by atoms with van der Waals surface area (Å²) < 4.78 is 28.9. The Morgan fingerprint density at radius 1 is 1.03 bits per heavy atom. The topological polar surface area (TPSA) is 82.5 Å². The van der Waals surface area contributed by atoms with Crippen molar-refractivity contribution in [2.24, 2.45) is 11.8 Å². The first-order chi connectivity index (χ1) is 16.4. The first kappa shape index (κ1) is 22.4. The number of nitrogens with one attached hydrogen (secondary N) is 1. The van der Waals surface area contributed by atoms with E-state index < -0.39 is 23.8 Å². The lowest BCUT2D eigenvalue weighted by Crippen LogP contribution is -2.23. The van der Waals surface area contributed by atoms with E-state index in [0.29, 0.717) is 39.3 Å². The molecule has 0 spiro atoms. The number of aliphatic carboxylic acids is 1. The van der Waals surface area contributed by atoms with Crippen LogP contribution in [0.1, 0.15) is 30.9 Å². The number of fused-ring (bicyclic) bond motifs is 1. The molecule has 0 amide bonds. The Morgan fingerprint density at radius 3 is 2.53 bits per heavy atom. The summed E-state index contributed by atoms with van der Waals surface area (Å²) >= 11 is 1.24. The number of aliphatic hydroxyl groups excluding tert-OH is 1. The molecule has 1 heterocycles. The minimum Gasteiger partial charge on any atom is -0.481 e. The number of carboxylic acid groups (broad SMARTS) is 1. The molecule has 4 aromatic rings. The van der Waals surface area contributed by atoms with Gasteiger partial charge in [0.2, 0.25) is 0 Å². The first-order valence-corrected chi connectivity index (χ1v) is 11.8. The summed E-state index contributed by atoms with van der Waals surface area (Å²) in [5.41, 5.74) is 3.00. The molecule has 3 aromatic carbocycles. The van der Waals surface area contributed by atoms with Gasteiger partial charge in [-0.15, -0.1) is 0 Å². The number of halogens is 2. The predicted molar refractivity (Wildman–Crippen MR) is 128 cm³/mol. The highest BCUT2D eigenvalue weighted by Gasteiger charge is 2.37.